The molecule has 0 N–H and O–H groups in total. The molecule has 160 valence electrons. The fourth-order valence-corrected chi connectivity index (χ4v) is 4.81. The van der Waals surface area contributed by atoms with Gasteiger partial charge in [-0.25, -0.2) is 9.37 Å². The fraction of sp³-hybridized carbons (Fsp3) is 0.130. The van der Waals surface area contributed by atoms with Gasteiger partial charge in [0.2, 0.25) is 5.82 Å². The van der Waals surface area contributed by atoms with E-state index >= 15 is 0 Å². The second-order valence-corrected chi connectivity index (χ2v) is 8.85. The molecule has 0 aliphatic rings. The quantitative estimate of drug-likeness (QED) is 0.343. The molecule has 2 aromatic carbocycles. The summed E-state index contributed by atoms with van der Waals surface area (Å²) in [5, 5.41) is 4.85. The Morgan fingerprint density at radius 2 is 2.03 bits per heavy atom. The van der Waals surface area contributed by atoms with Gasteiger partial charge in [0.25, 0.3) is 11.4 Å². The van der Waals surface area contributed by atoms with E-state index in [1.54, 1.807) is 6.07 Å². The highest BCUT2D eigenvalue weighted by atomic mass is 35.5. The monoisotopic (exact) mass is 466 g/mol. The second-order valence-electron chi connectivity index (χ2n) is 7.44. The fourth-order valence-electron chi connectivity index (χ4n) is 3.53. The first kappa shape index (κ1) is 20.5. The Morgan fingerprint density at radius 1 is 1.19 bits per heavy atom. The SMILES string of the molecule is Cc1cccc(-c2noc(-c3sc4ncn(Cc5ccc(F)cc5Cl)c(=O)c4c3C)n2)c1. The van der Waals surface area contributed by atoms with E-state index in [-0.39, 0.29) is 17.1 Å². The van der Waals surface area contributed by atoms with Crippen LogP contribution in [0.15, 0.2) is 58.1 Å². The Bertz CT molecular complexity index is 1540. The standard InChI is InChI=1S/C23H16ClFN4O2S/c1-12-4-3-5-14(8-12)20-27-21(31-28-20)19-13(2)18-22(32-19)26-11-29(23(18)30)10-15-6-7-16(25)9-17(15)24/h3-9,11H,10H2,1-2H3. The van der Waals surface area contributed by atoms with Crippen LogP contribution < -0.4 is 5.56 Å². The second kappa shape index (κ2) is 7.96. The van der Waals surface area contributed by atoms with Crippen LogP contribution >= 0.6 is 22.9 Å². The van der Waals surface area contributed by atoms with Crippen molar-refractivity contribution < 1.29 is 8.91 Å². The number of fused-ring (bicyclic) bond motifs is 1. The molecule has 0 atom stereocenters. The Kier molecular flexibility index (Phi) is 5.11. The smallest absolute Gasteiger partial charge is 0.268 e. The van der Waals surface area contributed by atoms with Crippen LogP contribution in [0, 0.1) is 19.7 Å². The van der Waals surface area contributed by atoms with Gasteiger partial charge in [-0.15, -0.1) is 11.3 Å². The summed E-state index contributed by atoms with van der Waals surface area (Å²) in [6, 6.07) is 11.9. The molecule has 0 bridgehead atoms. The number of benzene rings is 2. The number of halogens is 2. The van der Waals surface area contributed by atoms with Gasteiger partial charge in [-0.2, -0.15) is 4.98 Å². The number of aromatic nitrogens is 4. The Hall–Kier alpha value is -3.36. The maximum absolute atomic E-state index is 13.3. The molecule has 3 aromatic heterocycles. The third-order valence-electron chi connectivity index (χ3n) is 5.17. The van der Waals surface area contributed by atoms with Crippen LogP contribution in [0.3, 0.4) is 0 Å². The molecular formula is C23H16ClFN4O2S. The normalized spacial score (nSPS) is 11.4. The van der Waals surface area contributed by atoms with Crippen molar-refractivity contribution in [3.8, 4) is 22.2 Å². The lowest BCUT2D eigenvalue weighted by Crippen LogP contribution is -2.21. The summed E-state index contributed by atoms with van der Waals surface area (Å²) in [6.07, 6.45) is 1.47. The van der Waals surface area contributed by atoms with Crippen LogP contribution in [0.1, 0.15) is 16.7 Å². The minimum absolute atomic E-state index is 0.184. The van der Waals surface area contributed by atoms with E-state index in [1.807, 2.05) is 38.1 Å². The van der Waals surface area contributed by atoms with E-state index in [1.165, 1.54) is 34.4 Å². The van der Waals surface area contributed by atoms with Crippen LogP contribution in [0.25, 0.3) is 32.4 Å². The zero-order chi connectivity index (χ0) is 22.4. The molecule has 0 aliphatic heterocycles. The summed E-state index contributed by atoms with van der Waals surface area (Å²) < 4.78 is 20.3. The van der Waals surface area contributed by atoms with Gasteiger partial charge in [0.1, 0.15) is 10.6 Å². The number of rotatable bonds is 4. The molecule has 5 aromatic rings. The van der Waals surface area contributed by atoms with Crippen LogP contribution in [0.5, 0.6) is 0 Å². The average molecular weight is 467 g/mol. The summed E-state index contributed by atoms with van der Waals surface area (Å²) in [6.45, 7) is 4.02. The minimum atomic E-state index is -0.428. The van der Waals surface area contributed by atoms with E-state index in [2.05, 4.69) is 15.1 Å². The largest absolute Gasteiger partial charge is 0.333 e. The van der Waals surface area contributed by atoms with Crippen molar-refractivity contribution in [1.29, 1.82) is 0 Å². The van der Waals surface area contributed by atoms with E-state index in [0.717, 1.165) is 16.7 Å². The maximum Gasteiger partial charge on any atom is 0.268 e. The lowest BCUT2D eigenvalue weighted by atomic mass is 10.1. The molecule has 0 saturated heterocycles. The Morgan fingerprint density at radius 3 is 2.81 bits per heavy atom. The first-order valence-corrected chi connectivity index (χ1v) is 10.9. The summed E-state index contributed by atoms with van der Waals surface area (Å²) >= 11 is 7.45. The molecule has 6 nitrogen and oxygen atoms in total. The van der Waals surface area contributed by atoms with Crippen molar-refractivity contribution in [1.82, 2.24) is 19.7 Å². The number of hydrogen-bond acceptors (Lipinski definition) is 6. The van der Waals surface area contributed by atoms with Gasteiger partial charge in [-0.3, -0.25) is 9.36 Å². The van der Waals surface area contributed by atoms with Crippen molar-refractivity contribution in [3.05, 3.63) is 86.7 Å². The molecule has 32 heavy (non-hydrogen) atoms. The molecule has 3 heterocycles. The summed E-state index contributed by atoms with van der Waals surface area (Å²) in [5.74, 6) is 0.397. The number of aryl methyl sites for hydroxylation is 2. The molecule has 0 aliphatic carbocycles. The van der Waals surface area contributed by atoms with Crippen molar-refractivity contribution in [3.63, 3.8) is 0 Å². The molecule has 0 unspecified atom stereocenters. The first-order valence-electron chi connectivity index (χ1n) is 9.74. The molecule has 0 radical (unpaired) electrons. The highest BCUT2D eigenvalue weighted by Crippen LogP contribution is 2.35. The topological polar surface area (TPSA) is 73.8 Å². The van der Waals surface area contributed by atoms with Gasteiger partial charge < -0.3 is 4.52 Å². The van der Waals surface area contributed by atoms with Crippen molar-refractivity contribution in [2.24, 2.45) is 0 Å². The zero-order valence-corrected chi connectivity index (χ0v) is 18.7. The van der Waals surface area contributed by atoms with Crippen LogP contribution in [-0.4, -0.2) is 19.7 Å². The number of nitrogens with zero attached hydrogens (tertiary/aromatic N) is 4. The Balaban J connectivity index is 1.55. The highest BCUT2D eigenvalue weighted by Gasteiger charge is 2.21. The van der Waals surface area contributed by atoms with Gasteiger partial charge in [-0.05, 0) is 43.2 Å². The molecule has 0 amide bonds. The first-order chi connectivity index (χ1) is 15.4. The van der Waals surface area contributed by atoms with Crippen molar-refractivity contribution >= 4 is 33.2 Å². The Labute approximate surface area is 190 Å². The van der Waals surface area contributed by atoms with Gasteiger partial charge in [0.05, 0.1) is 23.1 Å². The number of thiophene rings is 1. The zero-order valence-electron chi connectivity index (χ0n) is 17.1. The summed E-state index contributed by atoms with van der Waals surface area (Å²) in [4.78, 5) is 23.4. The predicted octanol–water partition coefficient (Wildman–Crippen LogP) is 5.63. The van der Waals surface area contributed by atoms with Crippen LogP contribution in [-0.2, 0) is 6.54 Å². The molecule has 0 saturated carbocycles. The van der Waals surface area contributed by atoms with Gasteiger partial charge in [0.15, 0.2) is 0 Å². The van der Waals surface area contributed by atoms with Gasteiger partial charge in [-0.1, -0.05) is 46.6 Å². The predicted molar refractivity (Wildman–Crippen MR) is 123 cm³/mol. The minimum Gasteiger partial charge on any atom is -0.333 e. The molecule has 0 spiro atoms. The molecule has 9 heteroatoms. The maximum atomic E-state index is 13.3. The van der Waals surface area contributed by atoms with Gasteiger partial charge >= 0.3 is 0 Å². The average Bonchev–Trinajstić information content (AvgIpc) is 3.37. The molecule has 0 fully saturated rings. The molecule has 5 rings (SSSR count). The van der Waals surface area contributed by atoms with E-state index < -0.39 is 5.82 Å². The molecular weight excluding hydrogens is 451 g/mol. The van der Waals surface area contributed by atoms with E-state index in [9.17, 15) is 9.18 Å². The van der Waals surface area contributed by atoms with E-state index in [4.69, 9.17) is 16.1 Å². The van der Waals surface area contributed by atoms with Crippen LogP contribution in [0.4, 0.5) is 4.39 Å². The van der Waals surface area contributed by atoms with E-state index in [0.29, 0.717) is 32.4 Å². The third-order valence-corrected chi connectivity index (χ3v) is 6.71. The summed E-state index contributed by atoms with van der Waals surface area (Å²) in [5.41, 5.74) is 3.09. The van der Waals surface area contributed by atoms with Crippen molar-refractivity contribution in [2.45, 2.75) is 20.4 Å². The number of hydrogen-bond donors (Lipinski definition) is 0. The lowest BCUT2D eigenvalue weighted by Gasteiger charge is -2.07. The third kappa shape index (κ3) is 3.61. The lowest BCUT2D eigenvalue weighted by molar-refractivity contribution is 0.433. The highest BCUT2D eigenvalue weighted by molar-refractivity contribution is 7.22. The van der Waals surface area contributed by atoms with Gasteiger partial charge in [0, 0.05) is 10.6 Å². The van der Waals surface area contributed by atoms with Crippen molar-refractivity contribution in [2.75, 3.05) is 0 Å². The van der Waals surface area contributed by atoms with Crippen LogP contribution in [0.2, 0.25) is 5.02 Å². The summed E-state index contributed by atoms with van der Waals surface area (Å²) in [7, 11) is 0.